The Hall–Kier alpha value is -1.08. The fraction of sp³-hybridized carbons (Fsp3) is 0.478. The zero-order valence-corrected chi connectivity index (χ0v) is 21.7. The van der Waals surface area contributed by atoms with E-state index < -0.39 is 7.60 Å². The summed E-state index contributed by atoms with van der Waals surface area (Å²) in [6, 6.07) is 8.04. The first-order valence-corrected chi connectivity index (χ1v) is 13.0. The Bertz CT molecular complexity index is 893. The molecule has 0 saturated carbocycles. The molecular formula is C23H32IO5P. The largest absolute Gasteiger partial charge is 0.507 e. The van der Waals surface area contributed by atoms with Crippen molar-refractivity contribution in [2.45, 2.75) is 53.9 Å². The Balaban J connectivity index is 2.24. The zero-order chi connectivity index (χ0) is 22.5. The van der Waals surface area contributed by atoms with E-state index in [1.54, 1.807) is 13.8 Å². The third-order valence-electron chi connectivity index (χ3n) is 4.87. The fourth-order valence-electron chi connectivity index (χ4n) is 3.40. The molecule has 0 amide bonds. The summed E-state index contributed by atoms with van der Waals surface area (Å²) in [5.41, 5.74) is 5.55. The highest BCUT2D eigenvalue weighted by Gasteiger charge is 2.25. The Morgan fingerprint density at radius 3 is 2.10 bits per heavy atom. The number of aryl methyl sites for hydroxylation is 2. The Kier molecular flexibility index (Phi) is 9.22. The second-order valence-electron chi connectivity index (χ2n) is 7.60. The molecule has 2 aromatic rings. The monoisotopic (exact) mass is 546 g/mol. The van der Waals surface area contributed by atoms with E-state index in [4.69, 9.17) is 13.8 Å². The van der Waals surface area contributed by atoms with Crippen LogP contribution in [-0.2, 0) is 20.0 Å². The first-order valence-electron chi connectivity index (χ1n) is 10.2. The summed E-state index contributed by atoms with van der Waals surface area (Å²) in [6.45, 7) is 12.4. The molecule has 0 unspecified atom stereocenters. The van der Waals surface area contributed by atoms with Crippen LogP contribution in [0.5, 0.6) is 11.5 Å². The summed E-state index contributed by atoms with van der Waals surface area (Å²) < 4.78 is 29.9. The van der Waals surface area contributed by atoms with E-state index in [2.05, 4.69) is 56.4 Å². The van der Waals surface area contributed by atoms with Gasteiger partial charge in [0.1, 0.15) is 11.5 Å². The van der Waals surface area contributed by atoms with E-state index in [1.165, 1.54) is 5.56 Å². The first-order chi connectivity index (χ1) is 14.1. The van der Waals surface area contributed by atoms with Crippen molar-refractivity contribution in [1.82, 2.24) is 0 Å². The molecule has 7 heteroatoms. The van der Waals surface area contributed by atoms with Crippen LogP contribution < -0.4 is 4.74 Å². The summed E-state index contributed by atoms with van der Waals surface area (Å²) in [6.07, 6.45) is 0.658. The van der Waals surface area contributed by atoms with E-state index in [9.17, 15) is 9.67 Å². The van der Waals surface area contributed by atoms with Crippen LogP contribution in [0.25, 0.3) is 0 Å². The van der Waals surface area contributed by atoms with Gasteiger partial charge in [-0.1, -0.05) is 19.9 Å². The van der Waals surface area contributed by atoms with Crippen LogP contribution in [0.15, 0.2) is 24.3 Å². The fourth-order valence-corrected chi connectivity index (χ4v) is 5.43. The van der Waals surface area contributed by atoms with Gasteiger partial charge in [0.25, 0.3) is 0 Å². The maximum Gasteiger partial charge on any atom is 0.367 e. The molecule has 0 spiro atoms. The van der Waals surface area contributed by atoms with Gasteiger partial charge in [-0.25, -0.2) is 0 Å². The van der Waals surface area contributed by atoms with Crippen LogP contribution in [0.3, 0.4) is 0 Å². The number of halogens is 1. The normalized spacial score (nSPS) is 11.9. The van der Waals surface area contributed by atoms with Crippen molar-refractivity contribution in [1.29, 1.82) is 0 Å². The lowest BCUT2D eigenvalue weighted by Crippen LogP contribution is -2.06. The predicted molar refractivity (Wildman–Crippen MR) is 130 cm³/mol. The van der Waals surface area contributed by atoms with Crippen LogP contribution >= 0.6 is 30.2 Å². The third kappa shape index (κ3) is 6.46. The van der Waals surface area contributed by atoms with Gasteiger partial charge in [0.05, 0.1) is 16.8 Å². The van der Waals surface area contributed by atoms with Gasteiger partial charge in [-0.2, -0.15) is 0 Å². The maximum absolute atomic E-state index is 12.6. The number of phenolic OH excluding ortho intramolecular Hbond substituents is 1. The molecule has 0 heterocycles. The molecule has 1 N–H and O–H groups in total. The van der Waals surface area contributed by atoms with Crippen molar-refractivity contribution in [3.05, 3.63) is 55.7 Å². The van der Waals surface area contributed by atoms with Crippen LogP contribution in [-0.4, -0.2) is 24.7 Å². The van der Waals surface area contributed by atoms with Gasteiger partial charge < -0.3 is 18.9 Å². The molecule has 0 aromatic heterocycles. The summed E-state index contributed by atoms with van der Waals surface area (Å²) in [5, 5.41) is 10.3. The minimum Gasteiger partial charge on any atom is -0.507 e. The number of ether oxygens (including phenoxy) is 1. The smallest absolute Gasteiger partial charge is 0.367 e. The topological polar surface area (TPSA) is 65.0 Å². The highest BCUT2D eigenvalue weighted by atomic mass is 127. The summed E-state index contributed by atoms with van der Waals surface area (Å²) in [5.74, 6) is 1.28. The van der Waals surface area contributed by atoms with Gasteiger partial charge in [0.2, 0.25) is 0 Å². The van der Waals surface area contributed by atoms with Crippen molar-refractivity contribution in [2.24, 2.45) is 0 Å². The molecule has 0 saturated heterocycles. The zero-order valence-electron chi connectivity index (χ0n) is 18.6. The second kappa shape index (κ2) is 11.0. The molecule has 0 radical (unpaired) electrons. The molecule has 0 aliphatic carbocycles. The van der Waals surface area contributed by atoms with Crippen molar-refractivity contribution < 1.29 is 23.5 Å². The standard InChI is InChI=1S/C23H32IO5P/c1-7-28-30(26,29-8-2)14-27-19-9-16(5)21(17(6)10-19)12-18-11-20(15(3)4)23(25)22(24)13-18/h9-11,13,15,25H,7-8,12,14H2,1-6H3. The lowest BCUT2D eigenvalue weighted by molar-refractivity contribution is 0.197. The van der Waals surface area contributed by atoms with Gasteiger partial charge >= 0.3 is 7.60 Å². The highest BCUT2D eigenvalue weighted by Crippen LogP contribution is 2.48. The van der Waals surface area contributed by atoms with Crippen molar-refractivity contribution in [2.75, 3.05) is 19.6 Å². The number of hydrogen-bond donors (Lipinski definition) is 1. The Morgan fingerprint density at radius 1 is 1.03 bits per heavy atom. The summed E-state index contributed by atoms with van der Waals surface area (Å²) in [7, 11) is -3.25. The minimum atomic E-state index is -3.25. The Morgan fingerprint density at radius 2 is 1.60 bits per heavy atom. The first kappa shape index (κ1) is 25.2. The van der Waals surface area contributed by atoms with Gasteiger partial charge in [0, 0.05) is 0 Å². The molecule has 166 valence electrons. The molecule has 0 atom stereocenters. The van der Waals surface area contributed by atoms with Gasteiger partial charge in [-0.15, -0.1) is 0 Å². The van der Waals surface area contributed by atoms with E-state index in [0.29, 0.717) is 24.7 Å². The quantitative estimate of drug-likeness (QED) is 0.259. The van der Waals surface area contributed by atoms with Crippen molar-refractivity contribution in [3.63, 3.8) is 0 Å². The molecule has 0 aliphatic heterocycles. The molecule has 0 bridgehead atoms. The third-order valence-corrected chi connectivity index (χ3v) is 7.44. The van der Waals surface area contributed by atoms with Gasteiger partial charge in [-0.05, 0) is 109 Å². The molecule has 2 rings (SSSR count). The van der Waals surface area contributed by atoms with E-state index in [0.717, 1.165) is 32.2 Å². The average Bonchev–Trinajstić information content (AvgIpc) is 2.66. The molecule has 5 nitrogen and oxygen atoms in total. The maximum atomic E-state index is 12.6. The second-order valence-corrected chi connectivity index (χ2v) is 10.8. The number of benzene rings is 2. The number of phenols is 1. The molecule has 30 heavy (non-hydrogen) atoms. The Labute approximate surface area is 193 Å². The van der Waals surface area contributed by atoms with Crippen molar-refractivity contribution >= 4 is 30.2 Å². The van der Waals surface area contributed by atoms with Crippen LogP contribution in [0.1, 0.15) is 61.4 Å². The van der Waals surface area contributed by atoms with Crippen molar-refractivity contribution in [3.8, 4) is 11.5 Å². The number of hydrogen-bond acceptors (Lipinski definition) is 5. The minimum absolute atomic E-state index is 0.110. The summed E-state index contributed by atoms with van der Waals surface area (Å²) >= 11 is 2.19. The molecule has 2 aromatic carbocycles. The van der Waals surface area contributed by atoms with Gasteiger partial charge in [0.15, 0.2) is 6.35 Å². The van der Waals surface area contributed by atoms with Crippen LogP contribution in [0.2, 0.25) is 0 Å². The van der Waals surface area contributed by atoms with Crippen LogP contribution in [0, 0.1) is 17.4 Å². The lowest BCUT2D eigenvalue weighted by Gasteiger charge is -2.19. The van der Waals surface area contributed by atoms with Crippen LogP contribution in [0.4, 0.5) is 0 Å². The van der Waals surface area contributed by atoms with E-state index >= 15 is 0 Å². The number of aromatic hydroxyl groups is 1. The molecule has 0 aliphatic rings. The lowest BCUT2D eigenvalue weighted by atomic mass is 9.93. The average molecular weight is 546 g/mol. The molecular weight excluding hydrogens is 514 g/mol. The van der Waals surface area contributed by atoms with E-state index in [1.807, 2.05) is 18.2 Å². The predicted octanol–water partition coefficient (Wildman–Crippen LogP) is 6.93. The SMILES string of the molecule is CCOP(=O)(COc1cc(C)c(Cc2cc(I)c(O)c(C(C)C)c2)c(C)c1)OCC. The number of rotatable bonds is 10. The van der Waals surface area contributed by atoms with E-state index in [-0.39, 0.29) is 12.3 Å². The highest BCUT2D eigenvalue weighted by molar-refractivity contribution is 14.1. The summed E-state index contributed by atoms with van der Waals surface area (Å²) in [4.78, 5) is 0. The molecule has 0 fully saturated rings. The van der Waals surface area contributed by atoms with Gasteiger partial charge in [-0.3, -0.25) is 4.57 Å².